The minimum absolute atomic E-state index is 0.112. The van der Waals surface area contributed by atoms with Crippen molar-refractivity contribution >= 4 is 15.7 Å². The summed E-state index contributed by atoms with van der Waals surface area (Å²) in [5.74, 6) is -0.249. The molecule has 1 fully saturated rings. The highest BCUT2D eigenvalue weighted by atomic mass is 32.2. The van der Waals surface area contributed by atoms with E-state index in [1.165, 1.54) is 43.4 Å². The summed E-state index contributed by atoms with van der Waals surface area (Å²) in [6.07, 6.45) is 6.00. The van der Waals surface area contributed by atoms with E-state index in [1.807, 2.05) is 18.2 Å². The van der Waals surface area contributed by atoms with Crippen LogP contribution in [0.4, 0.5) is 0 Å². The summed E-state index contributed by atoms with van der Waals surface area (Å²) in [7, 11) is -3.34. The molecule has 2 aromatic rings. The lowest BCUT2D eigenvalue weighted by Gasteiger charge is -2.31. The second kappa shape index (κ2) is 9.34. The monoisotopic (exact) mass is 400 g/mol. The van der Waals surface area contributed by atoms with Gasteiger partial charge in [0.2, 0.25) is 0 Å². The van der Waals surface area contributed by atoms with E-state index in [0.29, 0.717) is 12.1 Å². The number of rotatable bonds is 6. The van der Waals surface area contributed by atoms with Crippen LogP contribution in [0.2, 0.25) is 0 Å². The number of likely N-dealkylation sites (tertiary alicyclic amines) is 1. The van der Waals surface area contributed by atoms with Crippen molar-refractivity contribution in [1.82, 2.24) is 10.2 Å². The summed E-state index contributed by atoms with van der Waals surface area (Å²) >= 11 is 0. The Morgan fingerprint density at radius 1 is 1.00 bits per heavy atom. The molecule has 1 N–H and O–H groups in total. The largest absolute Gasteiger partial charge is 0.350 e. The van der Waals surface area contributed by atoms with Gasteiger partial charge in [-0.1, -0.05) is 49.2 Å². The topological polar surface area (TPSA) is 66.5 Å². The molecule has 0 aromatic heterocycles. The third-order valence-corrected chi connectivity index (χ3v) is 6.36. The number of nitrogens with one attached hydrogen (secondary N) is 1. The Morgan fingerprint density at radius 3 is 2.32 bits per heavy atom. The summed E-state index contributed by atoms with van der Waals surface area (Å²) < 4.78 is 23.5. The van der Waals surface area contributed by atoms with Crippen LogP contribution in [-0.2, 0) is 9.84 Å². The van der Waals surface area contributed by atoms with Gasteiger partial charge in [-0.05, 0) is 49.7 Å². The number of amides is 1. The lowest BCUT2D eigenvalue weighted by molar-refractivity contribution is 0.0933. The molecule has 6 heteroatoms. The van der Waals surface area contributed by atoms with Crippen LogP contribution in [0.5, 0.6) is 0 Å². The van der Waals surface area contributed by atoms with E-state index in [-0.39, 0.29) is 16.8 Å². The molecule has 1 aliphatic heterocycles. The van der Waals surface area contributed by atoms with Crippen LogP contribution < -0.4 is 5.32 Å². The van der Waals surface area contributed by atoms with E-state index in [9.17, 15) is 13.2 Å². The van der Waals surface area contributed by atoms with Crippen molar-refractivity contribution in [2.24, 2.45) is 0 Å². The molecule has 0 aliphatic carbocycles. The highest BCUT2D eigenvalue weighted by Gasteiger charge is 2.22. The molecule has 1 heterocycles. The molecule has 0 radical (unpaired) electrons. The van der Waals surface area contributed by atoms with E-state index in [4.69, 9.17) is 0 Å². The minimum atomic E-state index is -3.34. The van der Waals surface area contributed by atoms with Crippen molar-refractivity contribution in [3.8, 4) is 0 Å². The third kappa shape index (κ3) is 5.42. The molecule has 1 atom stereocenters. The van der Waals surface area contributed by atoms with Gasteiger partial charge in [0.1, 0.15) is 0 Å². The lowest BCUT2D eigenvalue weighted by atomic mass is 10.0. The van der Waals surface area contributed by atoms with Gasteiger partial charge in [-0.3, -0.25) is 9.69 Å². The maximum atomic E-state index is 12.7. The molecule has 1 aliphatic rings. The number of carbonyl (C=O) groups is 1. The summed E-state index contributed by atoms with van der Waals surface area (Å²) in [5, 5.41) is 3.02. The standard InChI is InChI=1S/C22H28N2O3S/c1-28(26,27)20-13-9-12-19(16-20)22(25)23-17-21(18-10-5-4-6-11-18)24-14-7-2-3-8-15-24/h4-6,9-13,16,21H,2-3,7-8,14-15,17H2,1H3,(H,23,25). The molecule has 5 nitrogen and oxygen atoms in total. The first-order valence-electron chi connectivity index (χ1n) is 9.82. The average molecular weight is 401 g/mol. The normalized spacial score (nSPS) is 16.9. The molecule has 0 bridgehead atoms. The van der Waals surface area contributed by atoms with Gasteiger partial charge in [0.05, 0.1) is 10.9 Å². The van der Waals surface area contributed by atoms with Gasteiger partial charge in [0.25, 0.3) is 5.91 Å². The van der Waals surface area contributed by atoms with Gasteiger partial charge in [-0.2, -0.15) is 0 Å². The first kappa shape index (κ1) is 20.6. The quantitative estimate of drug-likeness (QED) is 0.807. The zero-order chi connectivity index (χ0) is 20.0. The van der Waals surface area contributed by atoms with Crippen molar-refractivity contribution < 1.29 is 13.2 Å². The van der Waals surface area contributed by atoms with E-state index < -0.39 is 9.84 Å². The molecular weight excluding hydrogens is 372 g/mol. The predicted octanol–water partition coefficient (Wildman–Crippen LogP) is 3.44. The van der Waals surface area contributed by atoms with Crippen LogP contribution in [0.1, 0.15) is 47.6 Å². The SMILES string of the molecule is CS(=O)(=O)c1cccc(C(=O)NCC(c2ccccc2)N2CCCCCC2)c1. The van der Waals surface area contributed by atoms with Crippen molar-refractivity contribution in [3.63, 3.8) is 0 Å². The van der Waals surface area contributed by atoms with Crippen molar-refractivity contribution in [1.29, 1.82) is 0 Å². The first-order valence-corrected chi connectivity index (χ1v) is 11.7. The number of sulfone groups is 1. The van der Waals surface area contributed by atoms with E-state index >= 15 is 0 Å². The van der Waals surface area contributed by atoms with E-state index in [0.717, 1.165) is 19.3 Å². The molecular formula is C22H28N2O3S. The second-order valence-corrected chi connectivity index (χ2v) is 9.40. The molecule has 3 rings (SSSR count). The Bertz CT molecular complexity index is 889. The van der Waals surface area contributed by atoms with Crippen molar-refractivity contribution in [3.05, 3.63) is 65.7 Å². The van der Waals surface area contributed by atoms with Gasteiger partial charge in [-0.15, -0.1) is 0 Å². The maximum absolute atomic E-state index is 12.7. The molecule has 0 spiro atoms. The minimum Gasteiger partial charge on any atom is -0.350 e. The highest BCUT2D eigenvalue weighted by molar-refractivity contribution is 7.90. The smallest absolute Gasteiger partial charge is 0.251 e. The summed E-state index contributed by atoms with van der Waals surface area (Å²) in [4.78, 5) is 15.3. The number of hydrogen-bond donors (Lipinski definition) is 1. The molecule has 150 valence electrons. The fraction of sp³-hybridized carbons (Fsp3) is 0.409. The zero-order valence-electron chi connectivity index (χ0n) is 16.3. The third-order valence-electron chi connectivity index (χ3n) is 5.25. The van der Waals surface area contributed by atoms with Gasteiger partial charge < -0.3 is 5.32 Å². The fourth-order valence-electron chi connectivity index (χ4n) is 3.70. The number of carbonyl (C=O) groups excluding carboxylic acids is 1. The Morgan fingerprint density at radius 2 is 1.68 bits per heavy atom. The molecule has 1 unspecified atom stereocenters. The van der Waals surface area contributed by atoms with E-state index in [1.54, 1.807) is 12.1 Å². The summed E-state index contributed by atoms with van der Waals surface area (Å²) in [6.45, 7) is 2.55. The van der Waals surface area contributed by atoms with Gasteiger partial charge >= 0.3 is 0 Å². The number of hydrogen-bond acceptors (Lipinski definition) is 4. The van der Waals surface area contributed by atoms with Crippen LogP contribution >= 0.6 is 0 Å². The van der Waals surface area contributed by atoms with Crippen LogP contribution in [-0.4, -0.2) is 45.1 Å². The van der Waals surface area contributed by atoms with Crippen LogP contribution in [0.15, 0.2) is 59.5 Å². The lowest BCUT2D eigenvalue weighted by Crippen LogP contribution is -2.38. The Hall–Kier alpha value is -2.18. The molecule has 1 saturated heterocycles. The highest BCUT2D eigenvalue weighted by Crippen LogP contribution is 2.24. The van der Waals surface area contributed by atoms with Crippen LogP contribution in [0, 0.1) is 0 Å². The predicted molar refractivity (Wildman–Crippen MR) is 111 cm³/mol. The van der Waals surface area contributed by atoms with Crippen molar-refractivity contribution in [2.75, 3.05) is 25.9 Å². The second-order valence-electron chi connectivity index (χ2n) is 7.39. The number of benzene rings is 2. The van der Waals surface area contributed by atoms with Gasteiger partial charge in [0.15, 0.2) is 9.84 Å². The molecule has 28 heavy (non-hydrogen) atoms. The molecule has 2 aromatic carbocycles. The Kier molecular flexibility index (Phi) is 6.86. The fourth-order valence-corrected chi connectivity index (χ4v) is 4.37. The van der Waals surface area contributed by atoms with Crippen LogP contribution in [0.25, 0.3) is 0 Å². The summed E-state index contributed by atoms with van der Waals surface area (Å²) in [6, 6.07) is 16.6. The average Bonchev–Trinajstić information content (AvgIpc) is 2.98. The number of nitrogens with zero attached hydrogens (tertiary/aromatic N) is 1. The Labute approximate surface area is 167 Å². The van der Waals surface area contributed by atoms with Crippen LogP contribution in [0.3, 0.4) is 0 Å². The molecule has 1 amide bonds. The molecule has 0 saturated carbocycles. The summed E-state index contributed by atoms with van der Waals surface area (Å²) in [5.41, 5.74) is 1.56. The Balaban J connectivity index is 1.75. The first-order chi connectivity index (χ1) is 13.4. The van der Waals surface area contributed by atoms with Crippen molar-refractivity contribution in [2.45, 2.75) is 36.6 Å². The zero-order valence-corrected chi connectivity index (χ0v) is 17.1. The maximum Gasteiger partial charge on any atom is 0.251 e. The van der Waals surface area contributed by atoms with Gasteiger partial charge in [0, 0.05) is 18.4 Å². The van der Waals surface area contributed by atoms with Gasteiger partial charge in [-0.25, -0.2) is 8.42 Å². The van der Waals surface area contributed by atoms with E-state index in [2.05, 4.69) is 22.3 Å².